The van der Waals surface area contributed by atoms with Crippen molar-refractivity contribution in [2.45, 2.75) is 11.4 Å². The monoisotopic (exact) mass is 400 g/mol. The third-order valence-electron chi connectivity index (χ3n) is 4.44. The van der Waals surface area contributed by atoms with Crippen molar-refractivity contribution < 1.29 is 8.42 Å². The van der Waals surface area contributed by atoms with Gasteiger partial charge in [0.25, 0.3) is 0 Å². The summed E-state index contributed by atoms with van der Waals surface area (Å²) in [6.45, 7) is 0.384. The van der Waals surface area contributed by atoms with Crippen LogP contribution in [-0.2, 0) is 16.6 Å². The van der Waals surface area contributed by atoms with Gasteiger partial charge >= 0.3 is 0 Å². The minimum atomic E-state index is -3.78. The first kappa shape index (κ1) is 19.8. The number of aromatic nitrogens is 2. The standard InChI is InChI=1S/C19H24N6O2S/c1-24(2)14-5-7-17-16(10-14)19(23-12-22-17)21-11-13-9-15(28(20,26)27)6-8-18(13)25(3)4/h5-10,12H,11H2,1-4H3,(H2,20,26,27)(H,21,22,23). The molecule has 0 saturated carbocycles. The Morgan fingerprint density at radius 2 is 1.75 bits per heavy atom. The molecule has 28 heavy (non-hydrogen) atoms. The Labute approximate surface area is 165 Å². The lowest BCUT2D eigenvalue weighted by Gasteiger charge is -2.19. The van der Waals surface area contributed by atoms with Crippen LogP contribution in [0, 0.1) is 0 Å². The second-order valence-corrected chi connectivity index (χ2v) is 8.46. The molecule has 0 aliphatic rings. The number of hydrogen-bond donors (Lipinski definition) is 2. The summed E-state index contributed by atoms with van der Waals surface area (Å²) in [4.78, 5) is 12.7. The van der Waals surface area contributed by atoms with E-state index < -0.39 is 10.0 Å². The van der Waals surface area contributed by atoms with Gasteiger partial charge in [-0.05, 0) is 42.0 Å². The van der Waals surface area contributed by atoms with E-state index in [2.05, 4.69) is 15.3 Å². The number of nitrogens with two attached hydrogens (primary N) is 1. The molecular weight excluding hydrogens is 376 g/mol. The second kappa shape index (κ2) is 7.61. The van der Waals surface area contributed by atoms with E-state index in [1.54, 1.807) is 12.1 Å². The highest BCUT2D eigenvalue weighted by atomic mass is 32.2. The highest BCUT2D eigenvalue weighted by Gasteiger charge is 2.13. The van der Waals surface area contributed by atoms with E-state index in [1.165, 1.54) is 12.4 Å². The van der Waals surface area contributed by atoms with Gasteiger partial charge in [-0.15, -0.1) is 0 Å². The smallest absolute Gasteiger partial charge is 0.238 e. The van der Waals surface area contributed by atoms with Gasteiger partial charge in [-0.2, -0.15) is 0 Å². The Morgan fingerprint density at radius 1 is 1.00 bits per heavy atom. The van der Waals surface area contributed by atoms with Gasteiger partial charge in [0.2, 0.25) is 10.0 Å². The van der Waals surface area contributed by atoms with Crippen molar-refractivity contribution in [2.75, 3.05) is 43.3 Å². The molecule has 3 aromatic rings. The zero-order valence-corrected chi connectivity index (χ0v) is 17.2. The van der Waals surface area contributed by atoms with E-state index in [0.29, 0.717) is 12.4 Å². The molecule has 0 aliphatic heterocycles. The Bertz CT molecular complexity index is 1110. The molecule has 1 heterocycles. The van der Waals surface area contributed by atoms with Crippen LogP contribution in [0.1, 0.15) is 5.56 Å². The van der Waals surface area contributed by atoms with Crippen LogP contribution >= 0.6 is 0 Å². The normalized spacial score (nSPS) is 11.5. The minimum absolute atomic E-state index is 0.0809. The molecule has 3 rings (SSSR count). The molecule has 2 aromatic carbocycles. The lowest BCUT2D eigenvalue weighted by Crippen LogP contribution is -2.16. The van der Waals surface area contributed by atoms with Crippen molar-refractivity contribution in [2.24, 2.45) is 5.14 Å². The third-order valence-corrected chi connectivity index (χ3v) is 5.35. The van der Waals surface area contributed by atoms with Crippen LogP contribution < -0.4 is 20.3 Å². The first-order chi connectivity index (χ1) is 13.2. The number of nitrogens with one attached hydrogen (secondary N) is 1. The summed E-state index contributed by atoms with van der Waals surface area (Å²) >= 11 is 0. The van der Waals surface area contributed by atoms with E-state index in [-0.39, 0.29) is 4.90 Å². The summed E-state index contributed by atoms with van der Waals surface area (Å²) < 4.78 is 23.5. The molecule has 8 nitrogen and oxygen atoms in total. The van der Waals surface area contributed by atoms with E-state index >= 15 is 0 Å². The molecule has 0 saturated heterocycles. The quantitative estimate of drug-likeness (QED) is 0.652. The minimum Gasteiger partial charge on any atom is -0.378 e. The second-order valence-electron chi connectivity index (χ2n) is 6.90. The highest BCUT2D eigenvalue weighted by molar-refractivity contribution is 7.89. The molecule has 1 aromatic heterocycles. The summed E-state index contributed by atoms with van der Waals surface area (Å²) in [6, 6.07) is 10.8. The molecule has 0 unspecified atom stereocenters. The molecule has 0 fully saturated rings. The van der Waals surface area contributed by atoms with Crippen LogP contribution in [0.4, 0.5) is 17.2 Å². The van der Waals surface area contributed by atoms with Gasteiger partial charge in [-0.25, -0.2) is 23.5 Å². The van der Waals surface area contributed by atoms with E-state index in [0.717, 1.165) is 27.8 Å². The molecule has 9 heteroatoms. The molecule has 0 bridgehead atoms. The average Bonchev–Trinajstić information content (AvgIpc) is 2.64. The fourth-order valence-electron chi connectivity index (χ4n) is 2.96. The van der Waals surface area contributed by atoms with Crippen LogP contribution in [0.15, 0.2) is 47.6 Å². The van der Waals surface area contributed by atoms with Crippen molar-refractivity contribution in [3.05, 3.63) is 48.3 Å². The van der Waals surface area contributed by atoms with Crippen molar-refractivity contribution >= 4 is 38.1 Å². The zero-order valence-electron chi connectivity index (χ0n) is 16.3. The van der Waals surface area contributed by atoms with Crippen LogP contribution in [0.3, 0.4) is 0 Å². The van der Waals surface area contributed by atoms with E-state index in [9.17, 15) is 8.42 Å². The van der Waals surface area contributed by atoms with Gasteiger partial charge in [-0.1, -0.05) is 0 Å². The van der Waals surface area contributed by atoms with Crippen LogP contribution in [0.2, 0.25) is 0 Å². The van der Waals surface area contributed by atoms with Crippen LogP contribution in [0.5, 0.6) is 0 Å². The molecule has 0 spiro atoms. The fraction of sp³-hybridized carbons (Fsp3) is 0.263. The Kier molecular flexibility index (Phi) is 5.39. The number of anilines is 3. The maximum Gasteiger partial charge on any atom is 0.238 e. The van der Waals surface area contributed by atoms with Crippen LogP contribution in [-0.4, -0.2) is 46.6 Å². The van der Waals surface area contributed by atoms with E-state index in [1.807, 2.05) is 56.2 Å². The SMILES string of the molecule is CN(C)c1ccc2ncnc(NCc3cc(S(N)(=O)=O)ccc3N(C)C)c2c1. The van der Waals surface area contributed by atoms with Gasteiger partial charge in [0, 0.05) is 51.5 Å². The third kappa shape index (κ3) is 4.15. The number of sulfonamides is 1. The maximum absolute atomic E-state index is 11.7. The molecule has 0 radical (unpaired) electrons. The predicted octanol–water partition coefficient (Wildman–Crippen LogP) is 2.02. The average molecular weight is 401 g/mol. The lowest BCUT2D eigenvalue weighted by molar-refractivity contribution is 0.597. The van der Waals surface area contributed by atoms with Crippen LogP contribution in [0.25, 0.3) is 10.9 Å². The Hall–Kier alpha value is -2.91. The zero-order chi connectivity index (χ0) is 20.5. The summed E-state index contributed by atoms with van der Waals surface area (Å²) in [5.74, 6) is 0.680. The first-order valence-electron chi connectivity index (χ1n) is 8.66. The van der Waals surface area contributed by atoms with Gasteiger partial charge in [0.05, 0.1) is 10.4 Å². The summed E-state index contributed by atoms with van der Waals surface area (Å²) in [5.41, 5.74) is 3.56. The lowest BCUT2D eigenvalue weighted by atomic mass is 10.1. The Balaban J connectivity index is 1.99. The molecule has 0 amide bonds. The van der Waals surface area contributed by atoms with Crippen molar-refractivity contribution in [3.63, 3.8) is 0 Å². The molecular formula is C19H24N6O2S. The number of primary sulfonamides is 1. The van der Waals surface area contributed by atoms with Gasteiger partial charge in [0.15, 0.2) is 0 Å². The largest absolute Gasteiger partial charge is 0.378 e. The summed E-state index contributed by atoms with van der Waals surface area (Å²) in [6.07, 6.45) is 1.51. The topological polar surface area (TPSA) is 104 Å². The molecule has 0 aliphatic carbocycles. The Morgan fingerprint density at radius 3 is 2.39 bits per heavy atom. The number of hydrogen-bond acceptors (Lipinski definition) is 7. The number of nitrogens with zero attached hydrogens (tertiary/aromatic N) is 4. The molecule has 3 N–H and O–H groups in total. The summed E-state index contributed by atoms with van der Waals surface area (Å²) in [5, 5.41) is 9.49. The molecule has 148 valence electrons. The van der Waals surface area contributed by atoms with Crippen molar-refractivity contribution in [1.82, 2.24) is 9.97 Å². The van der Waals surface area contributed by atoms with Gasteiger partial charge in [-0.3, -0.25) is 0 Å². The number of benzene rings is 2. The number of fused-ring (bicyclic) bond motifs is 1. The predicted molar refractivity (Wildman–Crippen MR) is 113 cm³/mol. The summed E-state index contributed by atoms with van der Waals surface area (Å²) in [7, 11) is 3.97. The van der Waals surface area contributed by atoms with Gasteiger partial charge < -0.3 is 15.1 Å². The molecule has 0 atom stereocenters. The van der Waals surface area contributed by atoms with Gasteiger partial charge in [0.1, 0.15) is 12.1 Å². The number of rotatable bonds is 6. The highest BCUT2D eigenvalue weighted by Crippen LogP contribution is 2.27. The fourth-order valence-corrected chi connectivity index (χ4v) is 3.52. The van der Waals surface area contributed by atoms with Crippen molar-refractivity contribution in [3.8, 4) is 0 Å². The maximum atomic E-state index is 11.7. The van der Waals surface area contributed by atoms with Crippen molar-refractivity contribution in [1.29, 1.82) is 0 Å². The first-order valence-corrected chi connectivity index (χ1v) is 10.2. The van der Waals surface area contributed by atoms with E-state index in [4.69, 9.17) is 5.14 Å².